The standard InChI is InChI=1S/C18H21NO2/c1-13(2)15-8-7-9-16(12-15)14(3)21-18(20)19-17-10-5-4-6-11-17/h4-14H,1-3H3,(H,19,20). The molecule has 0 aliphatic heterocycles. The SMILES string of the molecule is CC(C)c1cccc(C(C)OC(=O)Nc2ccccc2)c1. The molecular weight excluding hydrogens is 262 g/mol. The lowest BCUT2D eigenvalue weighted by atomic mass is 9.99. The van der Waals surface area contributed by atoms with E-state index in [1.807, 2.05) is 49.4 Å². The summed E-state index contributed by atoms with van der Waals surface area (Å²) in [5, 5.41) is 2.72. The second-order valence-electron chi connectivity index (χ2n) is 5.36. The van der Waals surface area contributed by atoms with Gasteiger partial charge in [0.2, 0.25) is 0 Å². The molecule has 1 amide bonds. The number of para-hydroxylation sites is 1. The van der Waals surface area contributed by atoms with Crippen LogP contribution in [0.25, 0.3) is 0 Å². The summed E-state index contributed by atoms with van der Waals surface area (Å²) >= 11 is 0. The van der Waals surface area contributed by atoms with Crippen LogP contribution in [0, 0.1) is 0 Å². The van der Waals surface area contributed by atoms with Gasteiger partial charge in [0, 0.05) is 5.69 Å². The second kappa shape index (κ2) is 6.93. The summed E-state index contributed by atoms with van der Waals surface area (Å²) in [5.74, 6) is 0.454. The third kappa shape index (κ3) is 4.35. The first-order valence-electron chi connectivity index (χ1n) is 7.19. The van der Waals surface area contributed by atoms with Gasteiger partial charge in [-0.3, -0.25) is 5.32 Å². The highest BCUT2D eigenvalue weighted by molar-refractivity contribution is 5.84. The van der Waals surface area contributed by atoms with Crippen molar-refractivity contribution in [3.63, 3.8) is 0 Å². The number of ether oxygens (including phenoxy) is 1. The fraction of sp³-hybridized carbons (Fsp3) is 0.278. The maximum atomic E-state index is 11.9. The highest BCUT2D eigenvalue weighted by Gasteiger charge is 2.12. The molecule has 1 atom stereocenters. The Hall–Kier alpha value is -2.29. The molecule has 2 aromatic rings. The van der Waals surface area contributed by atoms with E-state index in [2.05, 4.69) is 31.3 Å². The van der Waals surface area contributed by atoms with Gasteiger partial charge in [-0.15, -0.1) is 0 Å². The molecule has 0 heterocycles. The van der Waals surface area contributed by atoms with Crippen molar-refractivity contribution in [3.8, 4) is 0 Å². The molecule has 110 valence electrons. The fourth-order valence-electron chi connectivity index (χ4n) is 2.07. The van der Waals surface area contributed by atoms with Gasteiger partial charge < -0.3 is 4.74 Å². The molecule has 1 N–H and O–H groups in total. The Kier molecular flexibility index (Phi) is 4.99. The topological polar surface area (TPSA) is 38.3 Å². The molecule has 0 saturated carbocycles. The quantitative estimate of drug-likeness (QED) is 0.845. The molecule has 21 heavy (non-hydrogen) atoms. The maximum absolute atomic E-state index is 11.9. The Labute approximate surface area is 126 Å². The summed E-state index contributed by atoms with van der Waals surface area (Å²) < 4.78 is 5.43. The fourth-order valence-corrected chi connectivity index (χ4v) is 2.07. The van der Waals surface area contributed by atoms with Crippen molar-refractivity contribution in [2.24, 2.45) is 0 Å². The molecule has 0 radical (unpaired) electrons. The zero-order valence-corrected chi connectivity index (χ0v) is 12.7. The average molecular weight is 283 g/mol. The van der Waals surface area contributed by atoms with Gasteiger partial charge in [-0.1, -0.05) is 56.3 Å². The molecule has 0 aromatic heterocycles. The summed E-state index contributed by atoms with van der Waals surface area (Å²) in [6, 6.07) is 17.4. The lowest BCUT2D eigenvalue weighted by Gasteiger charge is -2.16. The van der Waals surface area contributed by atoms with Crippen molar-refractivity contribution in [1.82, 2.24) is 0 Å². The molecule has 0 aliphatic carbocycles. The summed E-state index contributed by atoms with van der Waals surface area (Å²) in [6.45, 7) is 6.17. The smallest absolute Gasteiger partial charge is 0.412 e. The summed E-state index contributed by atoms with van der Waals surface area (Å²) in [4.78, 5) is 11.9. The second-order valence-corrected chi connectivity index (χ2v) is 5.36. The highest BCUT2D eigenvalue weighted by Crippen LogP contribution is 2.22. The molecule has 3 heteroatoms. The van der Waals surface area contributed by atoms with Crippen LogP contribution in [0.3, 0.4) is 0 Å². The minimum atomic E-state index is -0.441. The van der Waals surface area contributed by atoms with Crippen LogP contribution in [0.2, 0.25) is 0 Å². The Morgan fingerprint density at radius 1 is 0.952 bits per heavy atom. The molecule has 0 fully saturated rings. The van der Waals surface area contributed by atoms with Gasteiger partial charge in [-0.05, 0) is 36.1 Å². The number of amides is 1. The van der Waals surface area contributed by atoms with E-state index in [1.165, 1.54) is 5.56 Å². The number of carbonyl (C=O) groups excluding carboxylic acids is 1. The third-order valence-electron chi connectivity index (χ3n) is 3.35. The maximum Gasteiger partial charge on any atom is 0.412 e. The van der Waals surface area contributed by atoms with Crippen LogP contribution in [0.15, 0.2) is 54.6 Å². The number of carbonyl (C=O) groups is 1. The molecule has 0 saturated heterocycles. The molecule has 0 aliphatic rings. The van der Waals surface area contributed by atoms with E-state index in [-0.39, 0.29) is 6.10 Å². The molecule has 1 unspecified atom stereocenters. The van der Waals surface area contributed by atoms with Gasteiger partial charge in [0.05, 0.1) is 0 Å². The Morgan fingerprint density at radius 3 is 2.29 bits per heavy atom. The minimum Gasteiger partial charge on any atom is -0.441 e. The van der Waals surface area contributed by atoms with Gasteiger partial charge in [-0.25, -0.2) is 4.79 Å². The highest BCUT2D eigenvalue weighted by atomic mass is 16.6. The molecular formula is C18H21NO2. The van der Waals surface area contributed by atoms with Crippen LogP contribution in [-0.2, 0) is 4.74 Å². The number of anilines is 1. The summed E-state index contributed by atoms with van der Waals surface area (Å²) in [6.07, 6.45) is -0.726. The Bertz CT molecular complexity index is 593. The van der Waals surface area contributed by atoms with Crippen LogP contribution in [0.5, 0.6) is 0 Å². The van der Waals surface area contributed by atoms with Crippen molar-refractivity contribution >= 4 is 11.8 Å². The number of nitrogens with one attached hydrogen (secondary N) is 1. The number of hydrogen-bond donors (Lipinski definition) is 1. The van der Waals surface area contributed by atoms with Crippen LogP contribution in [0.1, 0.15) is 43.9 Å². The first kappa shape index (κ1) is 15.1. The van der Waals surface area contributed by atoms with Crippen molar-refractivity contribution < 1.29 is 9.53 Å². The van der Waals surface area contributed by atoms with Gasteiger partial charge in [0.25, 0.3) is 0 Å². The number of benzene rings is 2. The lowest BCUT2D eigenvalue weighted by molar-refractivity contribution is 0.121. The van der Waals surface area contributed by atoms with Crippen LogP contribution >= 0.6 is 0 Å². The molecule has 0 bridgehead atoms. The zero-order chi connectivity index (χ0) is 15.2. The van der Waals surface area contributed by atoms with Gasteiger partial charge in [0.15, 0.2) is 0 Å². The van der Waals surface area contributed by atoms with E-state index < -0.39 is 6.09 Å². The number of rotatable bonds is 4. The molecule has 2 rings (SSSR count). The van der Waals surface area contributed by atoms with E-state index >= 15 is 0 Å². The third-order valence-corrected chi connectivity index (χ3v) is 3.35. The summed E-state index contributed by atoms with van der Waals surface area (Å²) in [5.41, 5.74) is 2.97. The van der Waals surface area contributed by atoms with Gasteiger partial charge >= 0.3 is 6.09 Å². The zero-order valence-electron chi connectivity index (χ0n) is 12.7. The van der Waals surface area contributed by atoms with Crippen molar-refractivity contribution in [1.29, 1.82) is 0 Å². The van der Waals surface area contributed by atoms with Crippen molar-refractivity contribution in [3.05, 3.63) is 65.7 Å². The Morgan fingerprint density at radius 2 is 1.62 bits per heavy atom. The van der Waals surface area contributed by atoms with E-state index in [0.29, 0.717) is 5.92 Å². The lowest BCUT2D eigenvalue weighted by Crippen LogP contribution is -2.16. The average Bonchev–Trinajstić information content (AvgIpc) is 2.48. The number of hydrogen-bond acceptors (Lipinski definition) is 2. The first-order chi connectivity index (χ1) is 10.1. The first-order valence-corrected chi connectivity index (χ1v) is 7.19. The van der Waals surface area contributed by atoms with Gasteiger partial charge in [0.1, 0.15) is 6.10 Å². The molecule has 3 nitrogen and oxygen atoms in total. The molecule has 0 spiro atoms. The van der Waals surface area contributed by atoms with Gasteiger partial charge in [-0.2, -0.15) is 0 Å². The van der Waals surface area contributed by atoms with Crippen molar-refractivity contribution in [2.75, 3.05) is 5.32 Å². The Balaban J connectivity index is 1.99. The van der Waals surface area contributed by atoms with E-state index in [0.717, 1.165) is 11.3 Å². The van der Waals surface area contributed by atoms with E-state index in [9.17, 15) is 4.79 Å². The largest absolute Gasteiger partial charge is 0.441 e. The van der Waals surface area contributed by atoms with E-state index in [1.54, 1.807) is 0 Å². The normalized spacial score (nSPS) is 12.0. The van der Waals surface area contributed by atoms with E-state index in [4.69, 9.17) is 4.74 Å². The van der Waals surface area contributed by atoms with Crippen molar-refractivity contribution in [2.45, 2.75) is 32.8 Å². The van der Waals surface area contributed by atoms with Crippen LogP contribution in [-0.4, -0.2) is 6.09 Å². The van der Waals surface area contributed by atoms with Crippen LogP contribution in [0.4, 0.5) is 10.5 Å². The van der Waals surface area contributed by atoms with Crippen LogP contribution < -0.4 is 5.32 Å². The monoisotopic (exact) mass is 283 g/mol. The predicted octanol–water partition coefficient (Wildman–Crippen LogP) is 5.12. The predicted molar refractivity (Wildman–Crippen MR) is 85.5 cm³/mol. The minimum absolute atomic E-state index is 0.285. The molecule has 2 aromatic carbocycles. The summed E-state index contributed by atoms with van der Waals surface area (Å²) in [7, 11) is 0.